The second kappa shape index (κ2) is 5.96. The molecule has 0 aliphatic carbocycles. The minimum absolute atomic E-state index is 0.0000354. The van der Waals surface area contributed by atoms with Crippen molar-refractivity contribution in [1.29, 1.82) is 0 Å². The molecule has 2 heterocycles. The van der Waals surface area contributed by atoms with Crippen LogP contribution in [-0.4, -0.2) is 40.1 Å². The van der Waals surface area contributed by atoms with E-state index in [1.54, 1.807) is 18.3 Å². The fourth-order valence-electron chi connectivity index (χ4n) is 2.47. The van der Waals surface area contributed by atoms with Crippen molar-refractivity contribution in [3.63, 3.8) is 0 Å². The molecular formula is C14H20N2O2. The fourth-order valence-corrected chi connectivity index (χ4v) is 2.47. The average molecular weight is 248 g/mol. The minimum atomic E-state index is -0.225. The summed E-state index contributed by atoms with van der Waals surface area (Å²) in [6.07, 6.45) is 3.97. The first-order valence-electron chi connectivity index (χ1n) is 6.60. The maximum absolute atomic E-state index is 12.1. The Hall–Kier alpha value is -1.42. The lowest BCUT2D eigenvalue weighted by Gasteiger charge is -2.33. The Morgan fingerprint density at radius 3 is 2.78 bits per heavy atom. The molecule has 0 spiro atoms. The molecule has 18 heavy (non-hydrogen) atoms. The molecule has 1 aromatic heterocycles. The van der Waals surface area contributed by atoms with Gasteiger partial charge in [0.25, 0.3) is 5.91 Å². The van der Waals surface area contributed by atoms with Crippen molar-refractivity contribution in [3.8, 4) is 0 Å². The third-order valence-electron chi connectivity index (χ3n) is 3.67. The molecule has 2 rings (SSSR count). The first-order chi connectivity index (χ1) is 8.72. The number of piperidine rings is 1. The lowest BCUT2D eigenvalue weighted by atomic mass is 9.90. The number of nitrogens with zero attached hydrogens (tertiary/aromatic N) is 2. The molecule has 1 amide bonds. The number of amides is 1. The standard InChI is InChI=1S/C14H20N2O2/c1-2-13(17)11-6-9-16(10-7-11)14(18)12-5-3-4-8-15-12/h3-5,8,11,13,17H,2,6-7,9-10H2,1H3. The number of aliphatic hydroxyl groups excluding tert-OH is 1. The Morgan fingerprint density at radius 2 is 2.22 bits per heavy atom. The molecule has 4 heteroatoms. The van der Waals surface area contributed by atoms with Crippen LogP contribution in [0.25, 0.3) is 0 Å². The van der Waals surface area contributed by atoms with E-state index in [2.05, 4.69) is 4.98 Å². The van der Waals surface area contributed by atoms with Crippen LogP contribution in [0.1, 0.15) is 36.7 Å². The minimum Gasteiger partial charge on any atom is -0.393 e. The Kier molecular flexibility index (Phi) is 4.31. The molecule has 1 saturated heterocycles. The van der Waals surface area contributed by atoms with Gasteiger partial charge in [0.05, 0.1) is 6.10 Å². The van der Waals surface area contributed by atoms with E-state index in [0.29, 0.717) is 11.6 Å². The summed E-state index contributed by atoms with van der Waals surface area (Å²) < 4.78 is 0. The summed E-state index contributed by atoms with van der Waals surface area (Å²) in [6.45, 7) is 3.43. The fraction of sp³-hybridized carbons (Fsp3) is 0.571. The zero-order valence-electron chi connectivity index (χ0n) is 10.7. The Labute approximate surface area is 108 Å². The lowest BCUT2D eigenvalue weighted by Crippen LogP contribution is -2.41. The molecule has 1 atom stereocenters. The molecule has 0 saturated carbocycles. The van der Waals surface area contributed by atoms with Crippen molar-refractivity contribution in [2.75, 3.05) is 13.1 Å². The van der Waals surface area contributed by atoms with E-state index >= 15 is 0 Å². The number of likely N-dealkylation sites (tertiary alicyclic amines) is 1. The third-order valence-corrected chi connectivity index (χ3v) is 3.67. The van der Waals surface area contributed by atoms with Gasteiger partial charge in [-0.25, -0.2) is 0 Å². The first-order valence-corrected chi connectivity index (χ1v) is 6.60. The Balaban J connectivity index is 1.92. The highest BCUT2D eigenvalue weighted by molar-refractivity contribution is 5.92. The smallest absolute Gasteiger partial charge is 0.272 e. The predicted octanol–water partition coefficient (Wildman–Crippen LogP) is 1.70. The molecular weight excluding hydrogens is 228 g/mol. The van der Waals surface area contributed by atoms with Crippen molar-refractivity contribution in [2.45, 2.75) is 32.3 Å². The van der Waals surface area contributed by atoms with E-state index in [-0.39, 0.29) is 12.0 Å². The maximum atomic E-state index is 12.1. The number of rotatable bonds is 3. The highest BCUT2D eigenvalue weighted by Crippen LogP contribution is 2.23. The molecule has 0 radical (unpaired) electrons. The van der Waals surface area contributed by atoms with Gasteiger partial charge in [0, 0.05) is 19.3 Å². The van der Waals surface area contributed by atoms with Gasteiger partial charge in [0.2, 0.25) is 0 Å². The van der Waals surface area contributed by atoms with Crippen molar-refractivity contribution in [1.82, 2.24) is 9.88 Å². The summed E-state index contributed by atoms with van der Waals surface area (Å²) in [7, 11) is 0. The van der Waals surface area contributed by atoms with Crippen molar-refractivity contribution in [3.05, 3.63) is 30.1 Å². The van der Waals surface area contributed by atoms with Crippen LogP contribution in [0.15, 0.2) is 24.4 Å². The maximum Gasteiger partial charge on any atom is 0.272 e. The van der Waals surface area contributed by atoms with Crippen LogP contribution < -0.4 is 0 Å². The number of hydrogen-bond donors (Lipinski definition) is 1. The van der Waals surface area contributed by atoms with Crippen LogP contribution in [-0.2, 0) is 0 Å². The topological polar surface area (TPSA) is 53.4 Å². The summed E-state index contributed by atoms with van der Waals surface area (Å²) >= 11 is 0. The van der Waals surface area contributed by atoms with Gasteiger partial charge in [0.15, 0.2) is 0 Å². The van der Waals surface area contributed by atoms with Gasteiger partial charge in [-0.15, -0.1) is 0 Å². The molecule has 98 valence electrons. The highest BCUT2D eigenvalue weighted by atomic mass is 16.3. The molecule has 1 aliphatic heterocycles. The average Bonchev–Trinajstić information content (AvgIpc) is 2.47. The summed E-state index contributed by atoms with van der Waals surface area (Å²) in [5.41, 5.74) is 0.506. The van der Waals surface area contributed by atoms with E-state index in [1.165, 1.54) is 0 Å². The highest BCUT2D eigenvalue weighted by Gasteiger charge is 2.27. The van der Waals surface area contributed by atoms with Crippen LogP contribution in [0, 0.1) is 5.92 Å². The van der Waals surface area contributed by atoms with Gasteiger partial charge < -0.3 is 10.0 Å². The van der Waals surface area contributed by atoms with Crippen LogP contribution in [0.4, 0.5) is 0 Å². The quantitative estimate of drug-likeness (QED) is 0.886. The summed E-state index contributed by atoms with van der Waals surface area (Å²) in [6, 6.07) is 5.38. The van der Waals surface area contributed by atoms with Gasteiger partial charge in [0.1, 0.15) is 5.69 Å². The monoisotopic (exact) mass is 248 g/mol. The van der Waals surface area contributed by atoms with Crippen molar-refractivity contribution < 1.29 is 9.90 Å². The zero-order valence-corrected chi connectivity index (χ0v) is 10.7. The zero-order chi connectivity index (χ0) is 13.0. The number of carbonyl (C=O) groups is 1. The summed E-state index contributed by atoms with van der Waals surface area (Å²) in [4.78, 5) is 18.1. The van der Waals surface area contributed by atoms with Crippen LogP contribution in [0.2, 0.25) is 0 Å². The van der Waals surface area contributed by atoms with Gasteiger partial charge in [-0.1, -0.05) is 13.0 Å². The molecule has 0 bridgehead atoms. The van der Waals surface area contributed by atoms with Gasteiger partial charge in [-0.3, -0.25) is 9.78 Å². The van der Waals surface area contributed by atoms with Crippen LogP contribution in [0.5, 0.6) is 0 Å². The Bertz CT molecular complexity index is 386. The second-order valence-electron chi connectivity index (χ2n) is 4.82. The third kappa shape index (κ3) is 2.88. The molecule has 1 aliphatic rings. The van der Waals surface area contributed by atoms with E-state index in [4.69, 9.17) is 0 Å². The van der Waals surface area contributed by atoms with Gasteiger partial charge in [-0.2, -0.15) is 0 Å². The number of hydrogen-bond acceptors (Lipinski definition) is 3. The molecule has 1 unspecified atom stereocenters. The predicted molar refractivity (Wildman–Crippen MR) is 69.2 cm³/mol. The molecule has 1 aromatic rings. The van der Waals surface area contributed by atoms with E-state index in [1.807, 2.05) is 17.9 Å². The van der Waals surface area contributed by atoms with E-state index < -0.39 is 0 Å². The number of aliphatic hydroxyl groups is 1. The van der Waals surface area contributed by atoms with Crippen molar-refractivity contribution in [2.24, 2.45) is 5.92 Å². The van der Waals surface area contributed by atoms with Crippen LogP contribution >= 0.6 is 0 Å². The van der Waals surface area contributed by atoms with E-state index in [9.17, 15) is 9.90 Å². The SMILES string of the molecule is CCC(O)C1CCN(C(=O)c2ccccn2)CC1. The molecule has 0 aromatic carbocycles. The molecule has 1 fully saturated rings. The number of carbonyl (C=O) groups excluding carboxylic acids is 1. The molecule has 4 nitrogen and oxygen atoms in total. The lowest BCUT2D eigenvalue weighted by molar-refractivity contribution is 0.0450. The van der Waals surface area contributed by atoms with Crippen LogP contribution in [0.3, 0.4) is 0 Å². The number of aromatic nitrogens is 1. The number of pyridine rings is 1. The van der Waals surface area contributed by atoms with Gasteiger partial charge >= 0.3 is 0 Å². The van der Waals surface area contributed by atoms with Crippen molar-refractivity contribution >= 4 is 5.91 Å². The first kappa shape index (κ1) is 13.0. The van der Waals surface area contributed by atoms with Gasteiger partial charge in [-0.05, 0) is 37.3 Å². The Morgan fingerprint density at radius 1 is 1.50 bits per heavy atom. The normalized spacial score (nSPS) is 18.7. The second-order valence-corrected chi connectivity index (χ2v) is 4.82. The van der Waals surface area contributed by atoms with E-state index in [0.717, 1.165) is 32.4 Å². The summed E-state index contributed by atoms with van der Waals surface area (Å²) in [5, 5.41) is 9.81. The summed E-state index contributed by atoms with van der Waals surface area (Å²) in [5.74, 6) is 0.336. The molecule has 1 N–H and O–H groups in total. The largest absolute Gasteiger partial charge is 0.393 e.